The third-order valence-corrected chi connectivity index (χ3v) is 3.51. The second kappa shape index (κ2) is 6.99. The zero-order valence-corrected chi connectivity index (χ0v) is 13.5. The predicted molar refractivity (Wildman–Crippen MR) is 83.1 cm³/mol. The van der Waals surface area contributed by atoms with Crippen LogP contribution in [0, 0.1) is 18.3 Å². The van der Waals surface area contributed by atoms with Gasteiger partial charge in [0.15, 0.2) is 11.5 Å². The molecule has 0 unspecified atom stereocenters. The SMILES string of the molecule is COC(=O)c1c(Oc2ccc(C#N)cc2OC)ncc(Cl)c1C. The maximum atomic E-state index is 12.0. The van der Waals surface area contributed by atoms with Crippen molar-refractivity contribution in [2.75, 3.05) is 14.2 Å². The fraction of sp³-hybridized carbons (Fsp3) is 0.188. The quantitative estimate of drug-likeness (QED) is 0.797. The first kappa shape index (κ1) is 16.6. The highest BCUT2D eigenvalue weighted by atomic mass is 35.5. The van der Waals surface area contributed by atoms with E-state index < -0.39 is 5.97 Å². The summed E-state index contributed by atoms with van der Waals surface area (Å²) in [5, 5.41) is 9.24. The largest absolute Gasteiger partial charge is 0.493 e. The Morgan fingerprint density at radius 3 is 2.65 bits per heavy atom. The third-order valence-electron chi connectivity index (χ3n) is 3.13. The van der Waals surface area contributed by atoms with Crippen molar-refractivity contribution in [3.8, 4) is 23.4 Å². The zero-order chi connectivity index (χ0) is 17.0. The summed E-state index contributed by atoms with van der Waals surface area (Å²) in [4.78, 5) is 16.0. The fourth-order valence-electron chi connectivity index (χ4n) is 1.90. The van der Waals surface area contributed by atoms with Gasteiger partial charge in [-0.2, -0.15) is 5.26 Å². The number of methoxy groups -OCH3 is 2. The molecule has 0 bridgehead atoms. The van der Waals surface area contributed by atoms with Crippen molar-refractivity contribution >= 4 is 17.6 Å². The highest BCUT2D eigenvalue weighted by Crippen LogP contribution is 2.35. The summed E-state index contributed by atoms with van der Waals surface area (Å²) < 4.78 is 15.6. The molecule has 0 saturated heterocycles. The van der Waals surface area contributed by atoms with Gasteiger partial charge in [-0.05, 0) is 24.6 Å². The van der Waals surface area contributed by atoms with Crippen LogP contribution in [0.1, 0.15) is 21.5 Å². The summed E-state index contributed by atoms with van der Waals surface area (Å²) in [5.74, 6) is 0.0852. The van der Waals surface area contributed by atoms with Crippen LogP contribution in [0.4, 0.5) is 0 Å². The van der Waals surface area contributed by atoms with Crippen LogP contribution in [-0.4, -0.2) is 25.2 Å². The summed E-state index contributed by atoms with van der Waals surface area (Å²) >= 11 is 6.00. The number of esters is 1. The van der Waals surface area contributed by atoms with Crippen molar-refractivity contribution < 1.29 is 19.0 Å². The molecule has 0 atom stereocenters. The topological polar surface area (TPSA) is 81.4 Å². The molecule has 0 radical (unpaired) electrons. The second-order valence-electron chi connectivity index (χ2n) is 4.48. The Bertz CT molecular complexity index is 799. The van der Waals surface area contributed by atoms with Crippen molar-refractivity contribution in [2.24, 2.45) is 0 Å². The summed E-state index contributed by atoms with van der Waals surface area (Å²) in [6.07, 6.45) is 1.38. The van der Waals surface area contributed by atoms with Gasteiger partial charge in [0.2, 0.25) is 5.88 Å². The van der Waals surface area contributed by atoms with Gasteiger partial charge < -0.3 is 14.2 Å². The van der Waals surface area contributed by atoms with Crippen LogP contribution in [0.25, 0.3) is 0 Å². The number of hydrogen-bond acceptors (Lipinski definition) is 6. The van der Waals surface area contributed by atoms with Gasteiger partial charge in [0, 0.05) is 12.3 Å². The van der Waals surface area contributed by atoms with E-state index in [4.69, 9.17) is 31.1 Å². The molecule has 1 aromatic heterocycles. The monoisotopic (exact) mass is 332 g/mol. The van der Waals surface area contributed by atoms with E-state index in [0.29, 0.717) is 27.6 Å². The maximum absolute atomic E-state index is 12.0. The normalized spacial score (nSPS) is 9.87. The van der Waals surface area contributed by atoms with Gasteiger partial charge in [0.25, 0.3) is 0 Å². The Labute approximate surface area is 138 Å². The van der Waals surface area contributed by atoms with E-state index in [-0.39, 0.29) is 11.4 Å². The molecule has 1 aromatic carbocycles. The number of benzene rings is 1. The average molecular weight is 333 g/mol. The Balaban J connectivity index is 2.51. The molecule has 1 heterocycles. The molecule has 0 amide bonds. The van der Waals surface area contributed by atoms with E-state index in [1.807, 2.05) is 6.07 Å². The molecule has 0 aliphatic heterocycles. The van der Waals surface area contributed by atoms with Gasteiger partial charge in [0.05, 0.1) is 30.9 Å². The summed E-state index contributed by atoms with van der Waals surface area (Å²) in [7, 11) is 2.71. The van der Waals surface area contributed by atoms with Crippen molar-refractivity contribution in [1.82, 2.24) is 4.98 Å². The van der Waals surface area contributed by atoms with E-state index in [2.05, 4.69) is 4.98 Å². The highest BCUT2D eigenvalue weighted by molar-refractivity contribution is 6.31. The minimum atomic E-state index is -0.611. The number of ether oxygens (including phenoxy) is 3. The summed E-state index contributed by atoms with van der Waals surface area (Å²) in [6.45, 7) is 1.67. The van der Waals surface area contributed by atoms with Crippen LogP contribution in [-0.2, 0) is 4.74 Å². The molecule has 23 heavy (non-hydrogen) atoms. The molecule has 6 nitrogen and oxygen atoms in total. The summed E-state index contributed by atoms with van der Waals surface area (Å²) in [6, 6.07) is 6.66. The van der Waals surface area contributed by atoms with Crippen LogP contribution in [0.15, 0.2) is 24.4 Å². The third kappa shape index (κ3) is 3.35. The number of rotatable bonds is 4. The van der Waals surface area contributed by atoms with Crippen molar-refractivity contribution in [3.63, 3.8) is 0 Å². The smallest absolute Gasteiger partial charge is 0.343 e. The Morgan fingerprint density at radius 2 is 2.04 bits per heavy atom. The van der Waals surface area contributed by atoms with Crippen molar-refractivity contribution in [3.05, 3.63) is 46.1 Å². The first-order valence-corrected chi connectivity index (χ1v) is 6.89. The molecule has 0 fully saturated rings. The molecular formula is C16H13ClN2O4. The number of pyridine rings is 1. The van der Waals surface area contributed by atoms with Gasteiger partial charge in [-0.25, -0.2) is 9.78 Å². The predicted octanol–water partition coefficient (Wildman–Crippen LogP) is 3.50. The highest BCUT2D eigenvalue weighted by Gasteiger charge is 2.21. The Hall–Kier alpha value is -2.78. The lowest BCUT2D eigenvalue weighted by Crippen LogP contribution is -2.08. The fourth-order valence-corrected chi connectivity index (χ4v) is 2.05. The van der Waals surface area contributed by atoms with Crippen LogP contribution in [0.3, 0.4) is 0 Å². The molecule has 0 N–H and O–H groups in total. The van der Waals surface area contributed by atoms with Crippen molar-refractivity contribution in [2.45, 2.75) is 6.92 Å². The van der Waals surface area contributed by atoms with E-state index in [1.165, 1.54) is 26.5 Å². The van der Waals surface area contributed by atoms with Gasteiger partial charge in [-0.1, -0.05) is 11.6 Å². The minimum absolute atomic E-state index is 0.0433. The molecule has 2 rings (SSSR count). The Morgan fingerprint density at radius 1 is 1.30 bits per heavy atom. The van der Waals surface area contributed by atoms with Crippen molar-refractivity contribution in [1.29, 1.82) is 5.26 Å². The molecule has 0 spiro atoms. The number of carbonyl (C=O) groups excluding carboxylic acids is 1. The molecule has 118 valence electrons. The first-order valence-electron chi connectivity index (χ1n) is 6.51. The number of aromatic nitrogens is 1. The number of nitriles is 1. The Kier molecular flexibility index (Phi) is 5.04. The van der Waals surface area contributed by atoms with E-state index in [1.54, 1.807) is 19.1 Å². The first-order chi connectivity index (χ1) is 11.0. The molecule has 0 aliphatic rings. The standard InChI is InChI=1S/C16H13ClN2O4/c1-9-11(17)8-19-15(14(9)16(20)22-3)23-12-5-4-10(7-18)6-13(12)21-2/h4-6,8H,1-3H3. The van der Waals surface area contributed by atoms with Crippen LogP contribution in [0.5, 0.6) is 17.4 Å². The molecule has 2 aromatic rings. The lowest BCUT2D eigenvalue weighted by molar-refractivity contribution is 0.0596. The van der Waals surface area contributed by atoms with Crippen LogP contribution in [0.2, 0.25) is 5.02 Å². The minimum Gasteiger partial charge on any atom is -0.493 e. The molecule has 0 aliphatic carbocycles. The van der Waals surface area contributed by atoms with Gasteiger partial charge in [-0.15, -0.1) is 0 Å². The average Bonchev–Trinajstić information content (AvgIpc) is 2.58. The number of hydrogen-bond donors (Lipinski definition) is 0. The van der Waals surface area contributed by atoms with E-state index in [9.17, 15) is 4.79 Å². The molecule has 0 saturated carbocycles. The lowest BCUT2D eigenvalue weighted by atomic mass is 10.1. The summed E-state index contributed by atoms with van der Waals surface area (Å²) in [5.41, 5.74) is 1.05. The maximum Gasteiger partial charge on any atom is 0.343 e. The zero-order valence-electron chi connectivity index (χ0n) is 12.7. The van der Waals surface area contributed by atoms with Gasteiger partial charge in [0.1, 0.15) is 5.56 Å². The van der Waals surface area contributed by atoms with Gasteiger partial charge >= 0.3 is 5.97 Å². The van der Waals surface area contributed by atoms with E-state index >= 15 is 0 Å². The second-order valence-corrected chi connectivity index (χ2v) is 4.89. The number of carbonyl (C=O) groups is 1. The molecular weight excluding hydrogens is 320 g/mol. The number of halogens is 1. The molecule has 7 heteroatoms. The van der Waals surface area contributed by atoms with Crippen LogP contribution < -0.4 is 9.47 Å². The van der Waals surface area contributed by atoms with Gasteiger partial charge in [-0.3, -0.25) is 0 Å². The van der Waals surface area contributed by atoms with Crippen LogP contribution >= 0.6 is 11.6 Å². The number of nitrogens with zero attached hydrogens (tertiary/aromatic N) is 2. The van der Waals surface area contributed by atoms with E-state index in [0.717, 1.165) is 0 Å². The lowest BCUT2D eigenvalue weighted by Gasteiger charge is -2.14.